The van der Waals surface area contributed by atoms with Gasteiger partial charge in [0.05, 0.1) is 13.2 Å². The number of ether oxygens (including phenoxy) is 3. The first-order chi connectivity index (χ1) is 10.4. The van der Waals surface area contributed by atoms with E-state index in [-0.39, 0.29) is 25.4 Å². The zero-order chi connectivity index (χ0) is 16.3. The second-order valence-electron chi connectivity index (χ2n) is 4.81. The molecule has 0 aliphatic carbocycles. The monoisotopic (exact) mass is 311 g/mol. The van der Waals surface area contributed by atoms with Crippen molar-refractivity contribution in [2.45, 2.75) is 32.5 Å². The van der Waals surface area contributed by atoms with Gasteiger partial charge in [-0.2, -0.15) is 0 Å². The summed E-state index contributed by atoms with van der Waals surface area (Å²) in [6.07, 6.45) is 0.528. The fraction of sp³-hybridized carbons (Fsp3) is 0.538. The number of fused-ring (bicyclic) bond motifs is 1. The van der Waals surface area contributed by atoms with E-state index in [1.54, 1.807) is 6.92 Å². The topological polar surface area (TPSA) is 123 Å². The van der Waals surface area contributed by atoms with Crippen LogP contribution in [0.2, 0.25) is 0 Å². The Morgan fingerprint density at radius 3 is 2.95 bits per heavy atom. The van der Waals surface area contributed by atoms with Gasteiger partial charge in [0.1, 0.15) is 0 Å². The lowest BCUT2D eigenvalue weighted by atomic mass is 10.2. The Labute approximate surface area is 126 Å². The van der Waals surface area contributed by atoms with Crippen molar-refractivity contribution < 1.29 is 23.8 Å². The summed E-state index contributed by atoms with van der Waals surface area (Å²) in [6, 6.07) is 0. The number of esters is 1. The number of nitrogens with zero attached hydrogens (tertiary/aromatic N) is 2. The summed E-state index contributed by atoms with van der Waals surface area (Å²) < 4.78 is 16.2. The smallest absolute Gasteiger partial charge is 0.361 e. The van der Waals surface area contributed by atoms with Crippen LogP contribution < -0.4 is 16.0 Å². The van der Waals surface area contributed by atoms with E-state index in [0.717, 1.165) is 0 Å². The van der Waals surface area contributed by atoms with E-state index in [1.807, 2.05) is 0 Å². The first-order valence-corrected chi connectivity index (χ1v) is 6.78. The molecule has 1 aromatic rings. The molecule has 2 heterocycles. The number of aromatic nitrogens is 2. The second kappa shape index (κ2) is 6.24. The van der Waals surface area contributed by atoms with Gasteiger partial charge in [0.15, 0.2) is 17.2 Å². The van der Waals surface area contributed by atoms with Gasteiger partial charge in [-0.15, -0.1) is 0 Å². The molecule has 1 atom stereocenters. The van der Waals surface area contributed by atoms with Gasteiger partial charge in [-0.3, -0.25) is 19.9 Å². The molecule has 0 radical (unpaired) electrons. The van der Waals surface area contributed by atoms with E-state index in [1.165, 1.54) is 11.5 Å². The normalized spacial score (nSPS) is 20.7. The minimum Gasteiger partial charge on any atom is -0.461 e. The number of nitrogens with two attached hydrogens (primary N) is 1. The molecule has 1 aromatic heterocycles. The largest absolute Gasteiger partial charge is 0.461 e. The highest BCUT2D eigenvalue weighted by Gasteiger charge is 2.34. The molecular weight excluding hydrogens is 294 g/mol. The van der Waals surface area contributed by atoms with Crippen molar-refractivity contribution in [3.63, 3.8) is 0 Å². The van der Waals surface area contributed by atoms with E-state index in [4.69, 9.17) is 15.2 Å². The third-order valence-corrected chi connectivity index (χ3v) is 3.13. The van der Waals surface area contributed by atoms with Gasteiger partial charge in [-0.1, -0.05) is 0 Å². The van der Waals surface area contributed by atoms with Crippen molar-refractivity contribution in [3.05, 3.63) is 21.9 Å². The van der Waals surface area contributed by atoms with Crippen molar-refractivity contribution in [2.75, 3.05) is 13.2 Å². The number of hydrogen-bond donors (Lipinski definition) is 1. The fourth-order valence-corrected chi connectivity index (χ4v) is 2.19. The number of hydrogen-bond acceptors (Lipinski definition) is 8. The summed E-state index contributed by atoms with van der Waals surface area (Å²) >= 11 is 0. The number of carbonyl (C=O) groups excluding carboxylic acids is 2. The zero-order valence-electron chi connectivity index (χ0n) is 12.3. The molecule has 0 amide bonds. The molecule has 0 aromatic carbocycles. The van der Waals surface area contributed by atoms with E-state index < -0.39 is 28.7 Å². The summed E-state index contributed by atoms with van der Waals surface area (Å²) in [4.78, 5) is 39.2. The summed E-state index contributed by atoms with van der Waals surface area (Å²) in [6.45, 7) is 3.88. The highest BCUT2D eigenvalue weighted by atomic mass is 16.5. The molecule has 1 aliphatic rings. The Kier molecular flexibility index (Phi) is 4.57. The minimum absolute atomic E-state index is 0.0585. The molecule has 22 heavy (non-hydrogen) atoms. The third kappa shape index (κ3) is 2.85. The van der Waals surface area contributed by atoms with Crippen LogP contribution in [-0.2, 0) is 26.5 Å². The summed E-state index contributed by atoms with van der Waals surface area (Å²) in [7, 11) is 0. The van der Waals surface area contributed by atoms with Gasteiger partial charge in [0, 0.05) is 6.54 Å². The summed E-state index contributed by atoms with van der Waals surface area (Å²) in [5, 5.41) is 0. The molecule has 2 rings (SSSR count). The predicted octanol–water partition coefficient (Wildman–Crippen LogP) is -0.493. The second-order valence-corrected chi connectivity index (χ2v) is 4.81. The van der Waals surface area contributed by atoms with Crippen LogP contribution in [0.25, 0.3) is 0 Å². The average Bonchev–Trinajstić information content (AvgIpc) is 2.61. The molecular formula is C13H17N3O6. The van der Waals surface area contributed by atoms with E-state index >= 15 is 0 Å². The van der Waals surface area contributed by atoms with Gasteiger partial charge in [0.25, 0.3) is 12.0 Å². The maximum absolute atomic E-state index is 12.5. The lowest BCUT2D eigenvalue weighted by molar-refractivity contribution is -0.120. The SMILES string of the molecule is CCOC(=O)c1nc2n(c(=O)c1OC=O)CCCOC2(C)N. The van der Waals surface area contributed by atoms with Crippen LogP contribution >= 0.6 is 0 Å². The molecule has 1 aliphatic heterocycles. The van der Waals surface area contributed by atoms with Crippen LogP contribution in [0.15, 0.2) is 4.79 Å². The number of rotatable bonds is 4. The quantitative estimate of drug-likeness (QED) is 0.583. The third-order valence-electron chi connectivity index (χ3n) is 3.13. The Hall–Kier alpha value is -2.26. The molecule has 120 valence electrons. The first-order valence-electron chi connectivity index (χ1n) is 6.78. The molecule has 0 saturated heterocycles. The van der Waals surface area contributed by atoms with Crippen molar-refractivity contribution in [1.82, 2.24) is 9.55 Å². The van der Waals surface area contributed by atoms with E-state index in [2.05, 4.69) is 9.72 Å². The Morgan fingerprint density at radius 2 is 2.32 bits per heavy atom. The van der Waals surface area contributed by atoms with Gasteiger partial charge in [0.2, 0.25) is 5.75 Å². The maximum atomic E-state index is 12.5. The Balaban J connectivity index is 2.71. The first kappa shape index (κ1) is 16.1. The molecule has 0 bridgehead atoms. The van der Waals surface area contributed by atoms with E-state index in [9.17, 15) is 14.4 Å². The van der Waals surface area contributed by atoms with Crippen molar-refractivity contribution in [2.24, 2.45) is 5.73 Å². The fourth-order valence-electron chi connectivity index (χ4n) is 2.19. The maximum Gasteiger partial charge on any atom is 0.361 e. The van der Waals surface area contributed by atoms with Crippen LogP contribution in [0, 0.1) is 0 Å². The zero-order valence-corrected chi connectivity index (χ0v) is 12.3. The van der Waals surface area contributed by atoms with Gasteiger partial charge >= 0.3 is 5.97 Å². The predicted molar refractivity (Wildman–Crippen MR) is 73.3 cm³/mol. The van der Waals surface area contributed by atoms with Gasteiger partial charge in [-0.05, 0) is 20.3 Å². The Bertz CT molecular complexity index is 652. The Morgan fingerprint density at radius 1 is 1.59 bits per heavy atom. The highest BCUT2D eigenvalue weighted by Crippen LogP contribution is 2.23. The van der Waals surface area contributed by atoms with Crippen LogP contribution in [-0.4, -0.2) is 35.2 Å². The summed E-state index contributed by atoms with van der Waals surface area (Å²) in [5.74, 6) is -1.27. The van der Waals surface area contributed by atoms with Gasteiger partial charge < -0.3 is 14.2 Å². The molecule has 0 fully saturated rings. The van der Waals surface area contributed by atoms with E-state index in [0.29, 0.717) is 13.0 Å². The lowest BCUT2D eigenvalue weighted by Crippen LogP contribution is -2.42. The molecule has 1 unspecified atom stereocenters. The molecule has 2 N–H and O–H groups in total. The van der Waals surface area contributed by atoms with Gasteiger partial charge in [-0.25, -0.2) is 9.78 Å². The summed E-state index contributed by atoms with van der Waals surface area (Å²) in [5.41, 5.74) is 3.59. The van der Waals surface area contributed by atoms with Crippen molar-refractivity contribution in [1.29, 1.82) is 0 Å². The molecule has 0 saturated carbocycles. The van der Waals surface area contributed by atoms with Crippen molar-refractivity contribution in [3.8, 4) is 5.75 Å². The molecule has 9 nitrogen and oxygen atoms in total. The van der Waals surface area contributed by atoms with Crippen LogP contribution in [0.4, 0.5) is 0 Å². The highest BCUT2D eigenvalue weighted by molar-refractivity contribution is 5.90. The van der Waals surface area contributed by atoms with Crippen molar-refractivity contribution >= 4 is 12.4 Å². The standard InChI is InChI=1S/C13H17N3O6/c1-3-20-11(19)8-9(21-7-17)10(18)16-5-4-6-22-13(2,14)12(16)15-8/h7H,3-6,14H2,1-2H3. The molecule has 9 heteroatoms. The average molecular weight is 311 g/mol. The lowest BCUT2D eigenvalue weighted by Gasteiger charge is -2.24. The van der Waals surface area contributed by atoms with Crippen LogP contribution in [0.5, 0.6) is 5.75 Å². The van der Waals surface area contributed by atoms with Crippen LogP contribution in [0.1, 0.15) is 36.6 Å². The molecule has 0 spiro atoms. The number of carbonyl (C=O) groups is 2. The minimum atomic E-state index is -1.35. The van der Waals surface area contributed by atoms with Crippen LogP contribution in [0.3, 0.4) is 0 Å².